The van der Waals surface area contributed by atoms with E-state index in [0.29, 0.717) is 12.3 Å². The average Bonchev–Trinajstić information content (AvgIpc) is 2.78. The molecule has 1 amide bonds. The molecule has 0 radical (unpaired) electrons. The minimum absolute atomic E-state index is 0.0451. The van der Waals surface area contributed by atoms with Gasteiger partial charge in [0.05, 0.1) is 7.14 Å². The van der Waals surface area contributed by atoms with E-state index in [1.165, 1.54) is 9.13 Å². The number of nitrogens with zero attached hydrogens (tertiary/aromatic N) is 1. The van der Waals surface area contributed by atoms with E-state index in [1.807, 2.05) is 54.6 Å². The third-order valence-corrected chi connectivity index (χ3v) is 6.93. The van der Waals surface area contributed by atoms with Crippen LogP contribution in [-0.2, 0) is 17.8 Å². The van der Waals surface area contributed by atoms with Crippen LogP contribution in [0.25, 0.3) is 6.08 Å². The number of hydrogen-bond donors (Lipinski definition) is 1. The Hall–Kier alpha value is -1.65. The van der Waals surface area contributed by atoms with Crippen molar-refractivity contribution in [3.05, 3.63) is 93.6 Å². The molecule has 3 aromatic carbocycles. The molecule has 0 aliphatic carbocycles. The maximum absolute atomic E-state index is 12.6. The van der Waals surface area contributed by atoms with Crippen molar-refractivity contribution in [2.45, 2.75) is 20.0 Å². The van der Waals surface area contributed by atoms with Crippen LogP contribution >= 0.6 is 67.8 Å². The molecule has 0 saturated carbocycles. The number of nitrogens with one attached hydrogen (secondary N) is 1. The molecule has 0 aromatic heterocycles. The van der Waals surface area contributed by atoms with Gasteiger partial charge in [0.1, 0.15) is 24.0 Å². The van der Waals surface area contributed by atoms with E-state index >= 15 is 0 Å². The largest absolute Gasteiger partial charge is 0.487 e. The highest BCUT2D eigenvalue weighted by atomic mass is 127. The summed E-state index contributed by atoms with van der Waals surface area (Å²) in [7, 11) is 0. The molecule has 32 heavy (non-hydrogen) atoms. The fourth-order valence-electron chi connectivity index (χ4n) is 2.87. The summed E-state index contributed by atoms with van der Waals surface area (Å²) in [5.74, 6) is 0.363. The topological polar surface area (TPSA) is 62.1 Å². The highest BCUT2D eigenvalue weighted by molar-refractivity contribution is 14.1. The van der Waals surface area contributed by atoms with Crippen LogP contribution in [0.4, 0.5) is 5.69 Å². The maximum Gasteiger partial charge on any atom is 0.266 e. The SMILES string of the molecule is CCc1ccc(NC(=O)/C(C#N)=C/c2cc(I)c(OCc3ccc(I)cc3)c(I)c2)cc1. The van der Waals surface area contributed by atoms with E-state index in [9.17, 15) is 10.1 Å². The first kappa shape index (κ1) is 25.0. The zero-order valence-corrected chi connectivity index (χ0v) is 23.6. The minimum Gasteiger partial charge on any atom is -0.487 e. The Bertz CT molecular complexity index is 1160. The number of hydrogen-bond acceptors (Lipinski definition) is 3. The van der Waals surface area contributed by atoms with Gasteiger partial charge < -0.3 is 10.1 Å². The number of anilines is 1. The third kappa shape index (κ3) is 6.92. The molecule has 0 aliphatic heterocycles. The van der Waals surface area contributed by atoms with E-state index in [2.05, 4.69) is 92.1 Å². The van der Waals surface area contributed by atoms with Crippen molar-refractivity contribution in [3.8, 4) is 11.8 Å². The predicted octanol–water partition coefficient (Wildman–Crippen LogP) is 7.19. The number of carbonyl (C=O) groups excluding carboxylic acids is 1. The van der Waals surface area contributed by atoms with Gasteiger partial charge in [-0.05, 0) is 133 Å². The first-order chi connectivity index (χ1) is 15.4. The lowest BCUT2D eigenvalue weighted by Gasteiger charge is -2.12. The molecule has 0 unspecified atom stereocenters. The number of rotatable bonds is 7. The van der Waals surface area contributed by atoms with Crippen LogP contribution < -0.4 is 10.1 Å². The molecule has 0 atom stereocenters. The Kier molecular flexibility index (Phi) is 9.36. The Balaban J connectivity index is 1.74. The van der Waals surface area contributed by atoms with Crippen molar-refractivity contribution in [1.29, 1.82) is 5.26 Å². The van der Waals surface area contributed by atoms with E-state index in [0.717, 1.165) is 30.4 Å². The van der Waals surface area contributed by atoms with Gasteiger partial charge in [0, 0.05) is 9.26 Å². The Morgan fingerprint density at radius 3 is 2.16 bits per heavy atom. The number of halogens is 3. The van der Waals surface area contributed by atoms with Crippen molar-refractivity contribution in [3.63, 3.8) is 0 Å². The van der Waals surface area contributed by atoms with Crippen LogP contribution in [0.15, 0.2) is 66.2 Å². The van der Waals surface area contributed by atoms with Gasteiger partial charge in [0.15, 0.2) is 0 Å². The third-order valence-electron chi connectivity index (χ3n) is 4.61. The van der Waals surface area contributed by atoms with Gasteiger partial charge in [-0.2, -0.15) is 5.26 Å². The van der Waals surface area contributed by atoms with E-state index in [1.54, 1.807) is 6.08 Å². The lowest BCUT2D eigenvalue weighted by molar-refractivity contribution is -0.112. The summed E-state index contributed by atoms with van der Waals surface area (Å²) < 4.78 is 9.06. The molecule has 0 aliphatic rings. The minimum atomic E-state index is -0.430. The summed E-state index contributed by atoms with van der Waals surface area (Å²) in [5.41, 5.74) is 3.76. The van der Waals surface area contributed by atoms with Gasteiger partial charge in [-0.25, -0.2) is 0 Å². The molecule has 0 spiro atoms. The van der Waals surface area contributed by atoms with Crippen molar-refractivity contribution in [2.75, 3.05) is 5.32 Å². The summed E-state index contributed by atoms with van der Waals surface area (Å²) in [6.07, 6.45) is 2.53. The molecule has 3 aromatic rings. The first-order valence-electron chi connectivity index (χ1n) is 9.78. The monoisotopic (exact) mass is 760 g/mol. The second-order valence-electron chi connectivity index (χ2n) is 6.90. The number of nitriles is 1. The lowest BCUT2D eigenvalue weighted by Crippen LogP contribution is -2.13. The van der Waals surface area contributed by atoms with Crippen molar-refractivity contribution in [1.82, 2.24) is 0 Å². The number of aryl methyl sites for hydroxylation is 1. The molecule has 0 saturated heterocycles. The van der Waals surface area contributed by atoms with Crippen molar-refractivity contribution in [2.24, 2.45) is 0 Å². The molecular formula is C25H19I3N2O2. The summed E-state index contributed by atoms with van der Waals surface area (Å²) in [4.78, 5) is 12.6. The predicted molar refractivity (Wildman–Crippen MR) is 153 cm³/mol. The quantitative estimate of drug-likeness (QED) is 0.158. The number of amides is 1. The van der Waals surface area contributed by atoms with Crippen LogP contribution in [0, 0.1) is 22.0 Å². The van der Waals surface area contributed by atoms with Gasteiger partial charge in [-0.15, -0.1) is 0 Å². The highest BCUT2D eigenvalue weighted by Crippen LogP contribution is 2.30. The fourth-order valence-corrected chi connectivity index (χ4v) is 5.36. The number of ether oxygens (including phenoxy) is 1. The molecule has 0 fully saturated rings. The maximum atomic E-state index is 12.6. The van der Waals surface area contributed by atoms with Crippen LogP contribution in [0.2, 0.25) is 0 Å². The van der Waals surface area contributed by atoms with Crippen LogP contribution in [0.5, 0.6) is 5.75 Å². The summed E-state index contributed by atoms with van der Waals surface area (Å²) in [6, 6.07) is 21.6. The average molecular weight is 760 g/mol. The molecule has 7 heteroatoms. The molecule has 3 rings (SSSR count). The molecule has 0 bridgehead atoms. The standard InChI is InChI=1S/C25H19I3N2O2/c1-2-16-5-9-21(10-6-16)30-25(31)19(14-29)11-18-12-22(27)24(23(28)13-18)32-15-17-3-7-20(26)8-4-17/h3-13H,2,15H2,1H3,(H,30,31)/b19-11+. The van der Waals surface area contributed by atoms with Gasteiger partial charge in [-0.1, -0.05) is 31.2 Å². The summed E-state index contributed by atoms with van der Waals surface area (Å²) in [5, 5.41) is 12.3. The molecule has 4 nitrogen and oxygen atoms in total. The molecule has 162 valence electrons. The van der Waals surface area contributed by atoms with Crippen molar-refractivity contribution >= 4 is 85.4 Å². The second kappa shape index (κ2) is 12.0. The van der Waals surface area contributed by atoms with E-state index in [4.69, 9.17) is 4.74 Å². The molecule has 1 N–H and O–H groups in total. The zero-order chi connectivity index (χ0) is 23.1. The van der Waals surface area contributed by atoms with E-state index in [-0.39, 0.29) is 5.57 Å². The van der Waals surface area contributed by atoms with Crippen molar-refractivity contribution < 1.29 is 9.53 Å². The Morgan fingerprint density at radius 1 is 1.00 bits per heavy atom. The van der Waals surface area contributed by atoms with Crippen LogP contribution in [0.1, 0.15) is 23.6 Å². The van der Waals surface area contributed by atoms with E-state index < -0.39 is 5.91 Å². The van der Waals surface area contributed by atoms with Gasteiger partial charge in [0.2, 0.25) is 0 Å². The summed E-state index contributed by atoms with van der Waals surface area (Å²) in [6.45, 7) is 2.55. The normalized spacial score (nSPS) is 11.0. The second-order valence-corrected chi connectivity index (χ2v) is 10.5. The van der Waals surface area contributed by atoms with Gasteiger partial charge >= 0.3 is 0 Å². The number of benzene rings is 3. The zero-order valence-electron chi connectivity index (χ0n) is 17.2. The molecule has 0 heterocycles. The van der Waals surface area contributed by atoms with Gasteiger partial charge in [0.25, 0.3) is 5.91 Å². The summed E-state index contributed by atoms with van der Waals surface area (Å²) >= 11 is 6.71. The molecular weight excluding hydrogens is 741 g/mol. The van der Waals surface area contributed by atoms with Crippen LogP contribution in [0.3, 0.4) is 0 Å². The smallest absolute Gasteiger partial charge is 0.266 e. The fraction of sp³-hybridized carbons (Fsp3) is 0.120. The van der Waals surface area contributed by atoms with Gasteiger partial charge in [-0.3, -0.25) is 4.79 Å². The Morgan fingerprint density at radius 2 is 1.59 bits per heavy atom. The first-order valence-corrected chi connectivity index (χ1v) is 13.0. The highest BCUT2D eigenvalue weighted by Gasteiger charge is 2.13. The Labute approximate surface area is 228 Å². The number of carbonyl (C=O) groups is 1. The lowest BCUT2D eigenvalue weighted by atomic mass is 10.1. The van der Waals surface area contributed by atoms with Crippen LogP contribution in [-0.4, -0.2) is 5.91 Å².